The molecule has 4 nitrogen and oxygen atoms in total. The van der Waals surface area contributed by atoms with Crippen molar-refractivity contribution < 1.29 is 14.3 Å². The van der Waals surface area contributed by atoms with Crippen molar-refractivity contribution >= 4 is 21.8 Å². The summed E-state index contributed by atoms with van der Waals surface area (Å²) in [5, 5.41) is 2.86. The van der Waals surface area contributed by atoms with Crippen LogP contribution in [-0.2, 0) is 4.79 Å². The second kappa shape index (κ2) is 7.38. The molecule has 0 bridgehead atoms. The Balaban J connectivity index is 3.11. The third-order valence-electron chi connectivity index (χ3n) is 2.55. The molecule has 1 aromatic rings. The molecule has 19 heavy (non-hydrogen) atoms. The summed E-state index contributed by atoms with van der Waals surface area (Å²) in [6.07, 6.45) is 0. The molecule has 0 unspecified atom stereocenters. The molecule has 106 valence electrons. The predicted octanol–water partition coefficient (Wildman–Crippen LogP) is 3.44. The zero-order valence-corrected chi connectivity index (χ0v) is 13.3. The van der Waals surface area contributed by atoms with Gasteiger partial charge in [0.1, 0.15) is 0 Å². The van der Waals surface area contributed by atoms with Gasteiger partial charge in [0.05, 0.1) is 19.3 Å². The second-order valence-corrected chi connectivity index (χ2v) is 4.96. The number of benzene rings is 1. The van der Waals surface area contributed by atoms with Gasteiger partial charge >= 0.3 is 0 Å². The number of ether oxygens (including phenoxy) is 2. The van der Waals surface area contributed by atoms with Gasteiger partial charge < -0.3 is 14.8 Å². The summed E-state index contributed by atoms with van der Waals surface area (Å²) in [6, 6.07) is 3.68. The minimum Gasteiger partial charge on any atom is -0.490 e. The van der Waals surface area contributed by atoms with Gasteiger partial charge in [0, 0.05) is 11.4 Å². The van der Waals surface area contributed by atoms with E-state index in [2.05, 4.69) is 21.2 Å². The molecule has 0 saturated carbocycles. The average Bonchev–Trinajstić information content (AvgIpc) is 2.31. The molecule has 0 aliphatic rings. The van der Waals surface area contributed by atoms with Crippen molar-refractivity contribution in [3.63, 3.8) is 0 Å². The van der Waals surface area contributed by atoms with Gasteiger partial charge in [0.25, 0.3) is 0 Å². The Morgan fingerprint density at radius 2 is 1.79 bits per heavy atom. The van der Waals surface area contributed by atoms with Crippen molar-refractivity contribution in [3.8, 4) is 11.5 Å². The average molecular weight is 330 g/mol. The molecule has 0 radical (unpaired) electrons. The van der Waals surface area contributed by atoms with E-state index in [-0.39, 0.29) is 11.9 Å². The quantitative estimate of drug-likeness (QED) is 0.869. The maximum absolute atomic E-state index is 11.1. The number of amides is 1. The van der Waals surface area contributed by atoms with Crippen LogP contribution in [0.4, 0.5) is 0 Å². The van der Waals surface area contributed by atoms with Gasteiger partial charge in [-0.25, -0.2) is 0 Å². The highest BCUT2D eigenvalue weighted by Crippen LogP contribution is 2.36. The molecule has 0 fully saturated rings. The molecule has 0 aromatic heterocycles. The van der Waals surface area contributed by atoms with Gasteiger partial charge in [-0.2, -0.15) is 0 Å². The van der Waals surface area contributed by atoms with Gasteiger partial charge in [-0.05, 0) is 38.5 Å². The Kier molecular flexibility index (Phi) is 6.15. The minimum absolute atomic E-state index is 0.0637. The predicted molar refractivity (Wildman–Crippen MR) is 78.7 cm³/mol. The third-order valence-corrected chi connectivity index (χ3v) is 3.24. The first kappa shape index (κ1) is 15.8. The molecular weight excluding hydrogens is 310 g/mol. The van der Waals surface area contributed by atoms with Crippen LogP contribution >= 0.6 is 15.9 Å². The molecular formula is C14H20BrNO3. The molecule has 5 heteroatoms. The molecule has 1 N–H and O–H groups in total. The first-order valence-electron chi connectivity index (χ1n) is 6.35. The Morgan fingerprint density at radius 3 is 2.26 bits per heavy atom. The van der Waals surface area contributed by atoms with E-state index in [0.717, 1.165) is 10.0 Å². The van der Waals surface area contributed by atoms with E-state index < -0.39 is 0 Å². The Bertz CT molecular complexity index is 449. The number of carbonyl (C=O) groups is 1. The van der Waals surface area contributed by atoms with Crippen molar-refractivity contribution in [2.45, 2.75) is 33.7 Å². The lowest BCUT2D eigenvalue weighted by molar-refractivity contribution is -0.119. The number of halogens is 1. The number of carbonyl (C=O) groups excluding carboxylic acids is 1. The number of hydrogen-bond acceptors (Lipinski definition) is 3. The van der Waals surface area contributed by atoms with Gasteiger partial charge in [0.2, 0.25) is 5.91 Å². The lowest BCUT2D eigenvalue weighted by Crippen LogP contribution is -2.24. The largest absolute Gasteiger partial charge is 0.490 e. The van der Waals surface area contributed by atoms with E-state index in [4.69, 9.17) is 9.47 Å². The lowest BCUT2D eigenvalue weighted by atomic mass is 10.1. The summed E-state index contributed by atoms with van der Waals surface area (Å²) >= 11 is 3.51. The van der Waals surface area contributed by atoms with E-state index in [1.165, 1.54) is 6.92 Å². The van der Waals surface area contributed by atoms with Crippen LogP contribution in [-0.4, -0.2) is 19.1 Å². The highest BCUT2D eigenvalue weighted by atomic mass is 79.9. The van der Waals surface area contributed by atoms with Gasteiger partial charge in [-0.1, -0.05) is 15.9 Å². The highest BCUT2D eigenvalue weighted by molar-refractivity contribution is 9.10. The highest BCUT2D eigenvalue weighted by Gasteiger charge is 2.15. The normalized spacial score (nSPS) is 11.8. The number of rotatable bonds is 6. The van der Waals surface area contributed by atoms with Gasteiger partial charge in [-0.15, -0.1) is 0 Å². The molecule has 1 amide bonds. The van der Waals surface area contributed by atoms with E-state index in [0.29, 0.717) is 24.7 Å². The van der Waals surface area contributed by atoms with Crippen molar-refractivity contribution in [2.24, 2.45) is 0 Å². The summed E-state index contributed by atoms with van der Waals surface area (Å²) in [4.78, 5) is 11.1. The molecule has 0 aliphatic heterocycles. The lowest BCUT2D eigenvalue weighted by Gasteiger charge is -2.18. The zero-order valence-electron chi connectivity index (χ0n) is 11.7. The van der Waals surface area contributed by atoms with Crippen LogP contribution < -0.4 is 14.8 Å². The van der Waals surface area contributed by atoms with Crippen LogP contribution in [0.1, 0.15) is 39.3 Å². The van der Waals surface area contributed by atoms with Crippen molar-refractivity contribution in [1.82, 2.24) is 5.32 Å². The Morgan fingerprint density at radius 1 is 1.26 bits per heavy atom. The second-order valence-electron chi connectivity index (χ2n) is 4.11. The topological polar surface area (TPSA) is 47.6 Å². The maximum Gasteiger partial charge on any atom is 0.217 e. The molecule has 1 aromatic carbocycles. The van der Waals surface area contributed by atoms with E-state index in [9.17, 15) is 4.79 Å². The van der Waals surface area contributed by atoms with E-state index in [1.54, 1.807) is 0 Å². The van der Waals surface area contributed by atoms with Crippen LogP contribution in [0.5, 0.6) is 11.5 Å². The van der Waals surface area contributed by atoms with Crippen LogP contribution in [0.15, 0.2) is 16.6 Å². The Labute approximate surface area is 122 Å². The van der Waals surface area contributed by atoms with Crippen LogP contribution in [0, 0.1) is 0 Å². The first-order valence-corrected chi connectivity index (χ1v) is 7.15. The van der Waals surface area contributed by atoms with Crippen molar-refractivity contribution in [3.05, 3.63) is 22.2 Å². The third kappa shape index (κ3) is 4.42. The SMILES string of the molecule is CCOc1cc(Br)c([C@H](C)NC(C)=O)cc1OCC. The fraction of sp³-hybridized carbons (Fsp3) is 0.500. The van der Waals surface area contributed by atoms with Gasteiger partial charge in [-0.3, -0.25) is 4.79 Å². The summed E-state index contributed by atoms with van der Waals surface area (Å²) in [6.45, 7) is 8.43. The monoisotopic (exact) mass is 329 g/mol. The molecule has 0 spiro atoms. The van der Waals surface area contributed by atoms with Crippen molar-refractivity contribution in [2.75, 3.05) is 13.2 Å². The smallest absolute Gasteiger partial charge is 0.217 e. The molecule has 0 saturated heterocycles. The zero-order chi connectivity index (χ0) is 14.4. The Hall–Kier alpha value is -1.23. The molecule has 0 aliphatic carbocycles. The number of nitrogens with one attached hydrogen (secondary N) is 1. The minimum atomic E-state index is -0.0956. The fourth-order valence-electron chi connectivity index (χ4n) is 1.80. The van der Waals surface area contributed by atoms with Gasteiger partial charge in [0.15, 0.2) is 11.5 Å². The summed E-state index contributed by atoms with van der Waals surface area (Å²) in [7, 11) is 0. The first-order chi connectivity index (χ1) is 8.99. The van der Waals surface area contributed by atoms with Crippen LogP contribution in [0.25, 0.3) is 0 Å². The maximum atomic E-state index is 11.1. The molecule has 0 heterocycles. The molecule has 1 atom stereocenters. The standard InChI is InChI=1S/C14H20BrNO3/c1-5-18-13-7-11(9(3)16-10(4)17)12(15)8-14(13)19-6-2/h7-9H,5-6H2,1-4H3,(H,16,17)/t9-/m0/s1. The summed E-state index contributed by atoms with van der Waals surface area (Å²) in [5.74, 6) is 1.33. The van der Waals surface area contributed by atoms with Crippen LogP contribution in [0.2, 0.25) is 0 Å². The summed E-state index contributed by atoms with van der Waals surface area (Å²) in [5.41, 5.74) is 0.960. The van der Waals surface area contributed by atoms with E-state index >= 15 is 0 Å². The molecule has 1 rings (SSSR count). The summed E-state index contributed by atoms with van der Waals surface area (Å²) < 4.78 is 12.0. The number of hydrogen-bond donors (Lipinski definition) is 1. The fourth-order valence-corrected chi connectivity index (χ4v) is 2.47. The van der Waals surface area contributed by atoms with Crippen molar-refractivity contribution in [1.29, 1.82) is 0 Å². The van der Waals surface area contributed by atoms with E-state index in [1.807, 2.05) is 32.9 Å². The van der Waals surface area contributed by atoms with Crippen LogP contribution in [0.3, 0.4) is 0 Å².